The van der Waals surface area contributed by atoms with Crippen molar-refractivity contribution in [3.8, 4) is 0 Å². The molecule has 1 amide bonds. The lowest BCUT2D eigenvalue weighted by Gasteiger charge is -2.10. The van der Waals surface area contributed by atoms with Gasteiger partial charge in [-0.05, 0) is 20.3 Å². The fourth-order valence-electron chi connectivity index (χ4n) is 1.04. The van der Waals surface area contributed by atoms with Crippen molar-refractivity contribution in [3.63, 3.8) is 0 Å². The van der Waals surface area contributed by atoms with Gasteiger partial charge in [-0.25, -0.2) is 0 Å². The number of amides is 1. The molecule has 1 saturated heterocycles. The first kappa shape index (κ1) is 10.4. The molecule has 1 aliphatic heterocycles. The van der Waals surface area contributed by atoms with Crippen LogP contribution in [0.3, 0.4) is 0 Å². The summed E-state index contributed by atoms with van der Waals surface area (Å²) < 4.78 is 0. The number of aliphatic hydroxyl groups excluding tert-OH is 1. The van der Waals surface area contributed by atoms with Gasteiger partial charge in [0.1, 0.15) is 0 Å². The number of rotatable bonds is 1. The van der Waals surface area contributed by atoms with E-state index in [9.17, 15) is 4.79 Å². The zero-order valence-corrected chi connectivity index (χ0v) is 7.34. The molecule has 1 fully saturated rings. The largest absolute Gasteiger partial charge is 0.397 e. The summed E-state index contributed by atoms with van der Waals surface area (Å²) in [7, 11) is 0. The predicted octanol–water partition coefficient (Wildman–Crippen LogP) is 0.627. The molecule has 1 N–H and O–H groups in total. The summed E-state index contributed by atoms with van der Waals surface area (Å²) in [6.07, 6.45) is 1.83. The fraction of sp³-hybridized carbons (Fsp3) is 0.875. The van der Waals surface area contributed by atoms with Gasteiger partial charge >= 0.3 is 0 Å². The maximum absolute atomic E-state index is 10.7. The van der Waals surface area contributed by atoms with Crippen LogP contribution in [0.1, 0.15) is 26.7 Å². The Balaban J connectivity index is 0.000000292. The first-order chi connectivity index (χ1) is 5.26. The summed E-state index contributed by atoms with van der Waals surface area (Å²) in [5, 5.41) is 7.57. The number of hydrogen-bond donors (Lipinski definition) is 1. The summed E-state index contributed by atoms with van der Waals surface area (Å²) in [5.41, 5.74) is 0. The van der Waals surface area contributed by atoms with E-state index in [0.29, 0.717) is 5.91 Å². The zero-order chi connectivity index (χ0) is 8.69. The normalized spacial score (nSPS) is 16.3. The van der Waals surface area contributed by atoms with E-state index in [1.54, 1.807) is 6.92 Å². The first-order valence-electron chi connectivity index (χ1n) is 4.14. The second kappa shape index (κ2) is 6.16. The van der Waals surface area contributed by atoms with Crippen LogP contribution >= 0.6 is 0 Å². The highest BCUT2D eigenvalue weighted by molar-refractivity contribution is 5.77. The monoisotopic (exact) mass is 159 g/mol. The van der Waals surface area contributed by atoms with E-state index in [2.05, 4.69) is 0 Å². The third kappa shape index (κ3) is 3.98. The SMILES string of the molecule is CCN1CCCC1=O.CCO. The van der Waals surface area contributed by atoms with Crippen LogP contribution in [-0.2, 0) is 4.79 Å². The van der Waals surface area contributed by atoms with Gasteiger partial charge in [-0.3, -0.25) is 4.79 Å². The van der Waals surface area contributed by atoms with Crippen molar-refractivity contribution < 1.29 is 9.90 Å². The minimum atomic E-state index is 0.250. The van der Waals surface area contributed by atoms with Crippen LogP contribution in [0, 0.1) is 0 Å². The number of carbonyl (C=O) groups is 1. The summed E-state index contributed by atoms with van der Waals surface area (Å²) >= 11 is 0. The second-order valence-electron chi connectivity index (χ2n) is 2.39. The molecule has 11 heavy (non-hydrogen) atoms. The molecule has 0 atom stereocenters. The maximum Gasteiger partial charge on any atom is 0.222 e. The summed E-state index contributed by atoms with van der Waals surface area (Å²) in [5.74, 6) is 0.326. The molecule has 0 aliphatic carbocycles. The van der Waals surface area contributed by atoms with Crippen LogP contribution < -0.4 is 0 Å². The first-order valence-corrected chi connectivity index (χ1v) is 4.14. The van der Waals surface area contributed by atoms with Gasteiger partial charge in [0, 0.05) is 26.1 Å². The average Bonchev–Trinajstić information content (AvgIpc) is 2.36. The van der Waals surface area contributed by atoms with Crippen molar-refractivity contribution in [2.75, 3.05) is 19.7 Å². The molecular formula is C8H17NO2. The van der Waals surface area contributed by atoms with Gasteiger partial charge in [-0.15, -0.1) is 0 Å². The molecule has 0 aromatic rings. The van der Waals surface area contributed by atoms with Gasteiger partial charge in [-0.1, -0.05) is 0 Å². The summed E-state index contributed by atoms with van der Waals surface area (Å²) in [4.78, 5) is 12.6. The maximum atomic E-state index is 10.7. The topological polar surface area (TPSA) is 40.5 Å². The third-order valence-electron chi connectivity index (χ3n) is 1.55. The van der Waals surface area contributed by atoms with E-state index in [0.717, 1.165) is 25.9 Å². The molecule has 0 spiro atoms. The lowest BCUT2D eigenvalue weighted by atomic mass is 10.4. The van der Waals surface area contributed by atoms with E-state index in [4.69, 9.17) is 5.11 Å². The highest BCUT2D eigenvalue weighted by atomic mass is 16.2. The standard InChI is InChI=1S/C6H11NO.C2H6O/c1-2-7-5-3-4-6(7)8;1-2-3/h2-5H2,1H3;3H,2H2,1H3. The number of hydrogen-bond acceptors (Lipinski definition) is 2. The Morgan fingerprint density at radius 1 is 1.55 bits per heavy atom. The minimum Gasteiger partial charge on any atom is -0.397 e. The van der Waals surface area contributed by atoms with Crippen molar-refractivity contribution in [1.29, 1.82) is 0 Å². The predicted molar refractivity (Wildman–Crippen MR) is 44.2 cm³/mol. The quantitative estimate of drug-likeness (QED) is 0.609. The number of carbonyl (C=O) groups excluding carboxylic acids is 1. The molecule has 1 aliphatic rings. The van der Waals surface area contributed by atoms with Crippen LogP contribution in [0.4, 0.5) is 0 Å². The highest BCUT2D eigenvalue weighted by Gasteiger charge is 2.16. The Morgan fingerprint density at radius 2 is 2.09 bits per heavy atom. The highest BCUT2D eigenvalue weighted by Crippen LogP contribution is 2.07. The molecule has 0 radical (unpaired) electrons. The van der Waals surface area contributed by atoms with E-state index in [-0.39, 0.29) is 6.61 Å². The Hall–Kier alpha value is -0.570. The van der Waals surface area contributed by atoms with E-state index in [1.165, 1.54) is 0 Å². The van der Waals surface area contributed by atoms with E-state index >= 15 is 0 Å². The average molecular weight is 159 g/mol. The molecule has 0 aromatic heterocycles. The molecule has 1 heterocycles. The van der Waals surface area contributed by atoms with Gasteiger partial charge in [-0.2, -0.15) is 0 Å². The smallest absolute Gasteiger partial charge is 0.222 e. The lowest BCUT2D eigenvalue weighted by molar-refractivity contribution is -0.127. The van der Waals surface area contributed by atoms with Crippen molar-refractivity contribution in [1.82, 2.24) is 4.90 Å². The van der Waals surface area contributed by atoms with Crippen LogP contribution in [-0.4, -0.2) is 35.6 Å². The van der Waals surface area contributed by atoms with E-state index in [1.807, 2.05) is 11.8 Å². The van der Waals surface area contributed by atoms with Crippen LogP contribution in [0.15, 0.2) is 0 Å². The van der Waals surface area contributed by atoms with Gasteiger partial charge in [0.05, 0.1) is 0 Å². The number of aliphatic hydroxyl groups is 1. The van der Waals surface area contributed by atoms with Crippen LogP contribution in [0.2, 0.25) is 0 Å². The molecule has 0 aromatic carbocycles. The molecule has 0 saturated carbocycles. The molecule has 3 heteroatoms. The lowest BCUT2D eigenvalue weighted by Crippen LogP contribution is -2.23. The minimum absolute atomic E-state index is 0.250. The number of nitrogens with zero attached hydrogens (tertiary/aromatic N) is 1. The Labute approximate surface area is 68.0 Å². The molecule has 1 rings (SSSR count). The van der Waals surface area contributed by atoms with Gasteiger partial charge < -0.3 is 10.0 Å². The Bertz CT molecular complexity index is 115. The van der Waals surface area contributed by atoms with E-state index < -0.39 is 0 Å². The van der Waals surface area contributed by atoms with Gasteiger partial charge in [0.2, 0.25) is 5.91 Å². The Morgan fingerprint density at radius 3 is 2.27 bits per heavy atom. The molecular weight excluding hydrogens is 142 g/mol. The van der Waals surface area contributed by atoms with Gasteiger partial charge in [0.25, 0.3) is 0 Å². The third-order valence-corrected chi connectivity index (χ3v) is 1.55. The van der Waals surface area contributed by atoms with Crippen molar-refractivity contribution in [2.45, 2.75) is 26.7 Å². The summed E-state index contributed by atoms with van der Waals surface area (Å²) in [6, 6.07) is 0. The van der Waals surface area contributed by atoms with Crippen molar-refractivity contribution in [2.24, 2.45) is 0 Å². The number of likely N-dealkylation sites (tertiary alicyclic amines) is 1. The zero-order valence-electron chi connectivity index (χ0n) is 7.34. The molecule has 0 bridgehead atoms. The molecule has 3 nitrogen and oxygen atoms in total. The van der Waals surface area contributed by atoms with Crippen LogP contribution in [0.5, 0.6) is 0 Å². The van der Waals surface area contributed by atoms with Gasteiger partial charge in [0.15, 0.2) is 0 Å². The van der Waals surface area contributed by atoms with Crippen molar-refractivity contribution >= 4 is 5.91 Å². The summed E-state index contributed by atoms with van der Waals surface area (Å²) in [6.45, 7) is 5.82. The Kier molecular flexibility index (Phi) is 5.84. The fourth-order valence-corrected chi connectivity index (χ4v) is 1.04. The molecule has 0 unspecified atom stereocenters. The second-order valence-corrected chi connectivity index (χ2v) is 2.39. The van der Waals surface area contributed by atoms with Crippen molar-refractivity contribution in [3.05, 3.63) is 0 Å². The van der Waals surface area contributed by atoms with Crippen LogP contribution in [0.25, 0.3) is 0 Å². The molecule has 66 valence electrons.